The maximum atomic E-state index is 5.41. The maximum absolute atomic E-state index is 5.41. The van der Waals surface area contributed by atoms with Gasteiger partial charge in [0.2, 0.25) is 0 Å². The molecule has 15 heavy (non-hydrogen) atoms. The molecule has 0 aromatic heterocycles. The van der Waals surface area contributed by atoms with E-state index in [0.717, 1.165) is 11.3 Å². The Bertz CT molecular complexity index is 363. The number of benzene rings is 1. The Morgan fingerprint density at radius 2 is 2.00 bits per heavy atom. The SMILES string of the molecule is CC(=C/C=C\I)/C=C/Oc1ccccc1. The minimum absolute atomic E-state index is 0.853. The first kappa shape index (κ1) is 12.0. The fourth-order valence-electron chi connectivity index (χ4n) is 0.963. The highest BCUT2D eigenvalue weighted by atomic mass is 127. The summed E-state index contributed by atoms with van der Waals surface area (Å²) >= 11 is 2.19. The quantitative estimate of drug-likeness (QED) is 0.453. The number of para-hydroxylation sites is 1. The van der Waals surface area contributed by atoms with Crippen LogP contribution in [0.2, 0.25) is 0 Å². The van der Waals surface area contributed by atoms with Crippen LogP contribution in [0.5, 0.6) is 5.75 Å². The second kappa shape index (κ2) is 7.29. The molecule has 0 atom stereocenters. The minimum atomic E-state index is 0.853. The van der Waals surface area contributed by atoms with Crippen LogP contribution in [-0.2, 0) is 0 Å². The van der Waals surface area contributed by atoms with E-state index in [-0.39, 0.29) is 0 Å². The summed E-state index contributed by atoms with van der Waals surface area (Å²) in [4.78, 5) is 0. The van der Waals surface area contributed by atoms with Gasteiger partial charge < -0.3 is 4.74 Å². The largest absolute Gasteiger partial charge is 0.465 e. The van der Waals surface area contributed by atoms with Crippen LogP contribution < -0.4 is 4.74 Å². The van der Waals surface area contributed by atoms with E-state index < -0.39 is 0 Å². The molecule has 0 heterocycles. The van der Waals surface area contributed by atoms with Crippen LogP contribution in [0.15, 0.2) is 64.5 Å². The van der Waals surface area contributed by atoms with Crippen molar-refractivity contribution in [1.82, 2.24) is 0 Å². The topological polar surface area (TPSA) is 9.23 Å². The molecule has 0 amide bonds. The van der Waals surface area contributed by atoms with Gasteiger partial charge in [0.1, 0.15) is 5.75 Å². The normalized spacial score (nSPS) is 12.5. The maximum Gasteiger partial charge on any atom is 0.126 e. The zero-order valence-electron chi connectivity index (χ0n) is 8.56. The summed E-state index contributed by atoms with van der Waals surface area (Å²) in [5.41, 5.74) is 1.15. The van der Waals surface area contributed by atoms with Gasteiger partial charge in [0.15, 0.2) is 0 Å². The van der Waals surface area contributed by atoms with Gasteiger partial charge in [-0.05, 0) is 34.8 Å². The summed E-state index contributed by atoms with van der Waals surface area (Å²) in [6.45, 7) is 2.03. The first-order valence-electron chi connectivity index (χ1n) is 4.65. The molecule has 0 spiro atoms. The first-order chi connectivity index (χ1) is 7.33. The number of halogens is 1. The van der Waals surface area contributed by atoms with Crippen LogP contribution in [0.25, 0.3) is 0 Å². The summed E-state index contributed by atoms with van der Waals surface area (Å²) < 4.78 is 7.37. The fraction of sp³-hybridized carbons (Fsp3) is 0.0769. The monoisotopic (exact) mass is 312 g/mol. The van der Waals surface area contributed by atoms with E-state index in [1.54, 1.807) is 6.26 Å². The third-order valence-electron chi connectivity index (χ3n) is 1.71. The van der Waals surface area contributed by atoms with Crippen molar-refractivity contribution in [3.8, 4) is 5.75 Å². The highest BCUT2D eigenvalue weighted by molar-refractivity contribution is 14.1. The second-order valence-electron chi connectivity index (χ2n) is 2.96. The summed E-state index contributed by atoms with van der Waals surface area (Å²) in [5, 5.41) is 0. The van der Waals surface area contributed by atoms with E-state index in [2.05, 4.69) is 22.6 Å². The van der Waals surface area contributed by atoms with Crippen molar-refractivity contribution in [2.75, 3.05) is 0 Å². The van der Waals surface area contributed by atoms with E-state index >= 15 is 0 Å². The molecule has 1 aromatic carbocycles. The third kappa shape index (κ3) is 5.42. The summed E-state index contributed by atoms with van der Waals surface area (Å²) in [5.74, 6) is 0.853. The molecule has 0 saturated carbocycles. The van der Waals surface area contributed by atoms with Gasteiger partial charge in [-0.2, -0.15) is 0 Å². The zero-order valence-corrected chi connectivity index (χ0v) is 10.7. The van der Waals surface area contributed by atoms with Gasteiger partial charge in [-0.25, -0.2) is 0 Å². The van der Waals surface area contributed by atoms with Gasteiger partial charge in [0, 0.05) is 0 Å². The Hall–Kier alpha value is -1.03. The van der Waals surface area contributed by atoms with Gasteiger partial charge in [-0.15, -0.1) is 0 Å². The third-order valence-corrected chi connectivity index (χ3v) is 2.13. The average Bonchev–Trinajstić information content (AvgIpc) is 2.28. The molecule has 0 aliphatic heterocycles. The lowest BCUT2D eigenvalue weighted by atomic mass is 10.3. The Morgan fingerprint density at radius 1 is 1.27 bits per heavy atom. The molecule has 78 valence electrons. The van der Waals surface area contributed by atoms with Crippen LogP contribution in [0.3, 0.4) is 0 Å². The van der Waals surface area contributed by atoms with Gasteiger partial charge in [-0.1, -0.05) is 52.9 Å². The number of hydrogen-bond donors (Lipinski definition) is 0. The standard InChI is InChI=1S/C13H13IO/c1-12(6-5-10-14)9-11-15-13-7-3-2-4-8-13/h2-11H,1H3/b10-5-,11-9+,12-6-. The van der Waals surface area contributed by atoms with E-state index in [1.165, 1.54) is 0 Å². The van der Waals surface area contributed by atoms with Crippen LogP contribution in [0, 0.1) is 0 Å². The molecule has 0 aliphatic carbocycles. The van der Waals surface area contributed by atoms with E-state index in [9.17, 15) is 0 Å². The van der Waals surface area contributed by atoms with Gasteiger partial charge in [0.25, 0.3) is 0 Å². The highest BCUT2D eigenvalue weighted by Gasteiger charge is 1.85. The van der Waals surface area contributed by atoms with Gasteiger partial charge in [0.05, 0.1) is 6.26 Å². The van der Waals surface area contributed by atoms with Gasteiger partial charge >= 0.3 is 0 Å². The Balaban J connectivity index is 2.47. The van der Waals surface area contributed by atoms with Crippen molar-refractivity contribution in [2.45, 2.75) is 6.92 Å². The van der Waals surface area contributed by atoms with Crippen molar-refractivity contribution in [2.24, 2.45) is 0 Å². The zero-order chi connectivity index (χ0) is 10.9. The molecule has 1 rings (SSSR count). The molecule has 0 radical (unpaired) electrons. The average molecular weight is 312 g/mol. The van der Waals surface area contributed by atoms with Crippen LogP contribution in [0.4, 0.5) is 0 Å². The molecule has 0 unspecified atom stereocenters. The van der Waals surface area contributed by atoms with Crippen molar-refractivity contribution >= 4 is 22.6 Å². The van der Waals surface area contributed by atoms with E-state index in [0.29, 0.717) is 0 Å². The molecule has 0 fully saturated rings. The Morgan fingerprint density at radius 3 is 2.67 bits per heavy atom. The minimum Gasteiger partial charge on any atom is -0.465 e. The smallest absolute Gasteiger partial charge is 0.126 e. The predicted octanol–water partition coefficient (Wildman–Crippen LogP) is 4.47. The molecular formula is C13H13IO. The number of hydrogen-bond acceptors (Lipinski definition) is 1. The number of allylic oxidation sites excluding steroid dienone is 4. The second-order valence-corrected chi connectivity index (χ2v) is 3.68. The Labute approximate surface area is 104 Å². The predicted molar refractivity (Wildman–Crippen MR) is 73.1 cm³/mol. The summed E-state index contributed by atoms with van der Waals surface area (Å²) in [6.07, 6.45) is 7.64. The molecule has 2 heteroatoms. The molecule has 0 N–H and O–H groups in total. The number of rotatable bonds is 4. The molecule has 0 bridgehead atoms. The summed E-state index contributed by atoms with van der Waals surface area (Å²) in [6, 6.07) is 9.71. The molecule has 0 aliphatic rings. The molecule has 1 aromatic rings. The molecule has 1 nitrogen and oxygen atoms in total. The molecule has 0 saturated heterocycles. The first-order valence-corrected chi connectivity index (χ1v) is 5.89. The number of ether oxygens (including phenoxy) is 1. The lowest BCUT2D eigenvalue weighted by molar-refractivity contribution is 0.481. The van der Waals surface area contributed by atoms with Crippen molar-refractivity contribution in [3.63, 3.8) is 0 Å². The fourth-order valence-corrected chi connectivity index (χ4v) is 1.17. The van der Waals surface area contributed by atoms with E-state index in [1.807, 2.05) is 59.6 Å². The van der Waals surface area contributed by atoms with Crippen molar-refractivity contribution in [3.05, 3.63) is 64.5 Å². The molecular weight excluding hydrogens is 299 g/mol. The summed E-state index contributed by atoms with van der Waals surface area (Å²) in [7, 11) is 0. The van der Waals surface area contributed by atoms with Crippen LogP contribution >= 0.6 is 22.6 Å². The lowest BCUT2D eigenvalue weighted by Gasteiger charge is -1.97. The van der Waals surface area contributed by atoms with Crippen LogP contribution in [0.1, 0.15) is 6.92 Å². The lowest BCUT2D eigenvalue weighted by Crippen LogP contribution is -1.80. The highest BCUT2D eigenvalue weighted by Crippen LogP contribution is 2.09. The van der Waals surface area contributed by atoms with Crippen molar-refractivity contribution < 1.29 is 4.74 Å². The van der Waals surface area contributed by atoms with Crippen LogP contribution in [-0.4, -0.2) is 0 Å². The van der Waals surface area contributed by atoms with Crippen molar-refractivity contribution in [1.29, 1.82) is 0 Å². The van der Waals surface area contributed by atoms with E-state index in [4.69, 9.17) is 4.74 Å². The van der Waals surface area contributed by atoms with Gasteiger partial charge in [-0.3, -0.25) is 0 Å². The Kier molecular flexibility index (Phi) is 5.85.